The Balaban J connectivity index is 1.31. The first-order valence-electron chi connectivity index (χ1n) is 15.0. The summed E-state index contributed by atoms with van der Waals surface area (Å²) in [4.78, 5) is 38.4. The zero-order valence-corrected chi connectivity index (χ0v) is 25.2. The predicted octanol–water partition coefficient (Wildman–Crippen LogP) is 4.02. The highest BCUT2D eigenvalue weighted by Crippen LogP contribution is 2.35. The van der Waals surface area contributed by atoms with Crippen LogP contribution in [-0.2, 0) is 31.4 Å². The summed E-state index contributed by atoms with van der Waals surface area (Å²) in [7, 11) is 3.20. The van der Waals surface area contributed by atoms with Crippen LogP contribution in [0.1, 0.15) is 55.3 Å². The third kappa shape index (κ3) is 7.13. The topological polar surface area (TPSA) is 112 Å². The second kappa shape index (κ2) is 13.5. The number of aromatic nitrogens is 2. The minimum Gasteiger partial charge on any atom is -0.493 e. The minimum atomic E-state index is -0.684. The highest BCUT2D eigenvalue weighted by molar-refractivity contribution is 5.70. The number of ether oxygens (including phenoxy) is 3. The van der Waals surface area contributed by atoms with Crippen LogP contribution in [0.3, 0.4) is 0 Å². The number of rotatable bonds is 12. The number of aliphatic carboxylic acids is 1. The quantitative estimate of drug-likeness (QED) is 0.336. The van der Waals surface area contributed by atoms with E-state index in [4.69, 9.17) is 14.2 Å². The Morgan fingerprint density at radius 1 is 1.09 bits per heavy atom. The van der Waals surface area contributed by atoms with E-state index in [1.54, 1.807) is 14.2 Å². The van der Waals surface area contributed by atoms with E-state index in [0.717, 1.165) is 61.1 Å². The second-order valence-corrected chi connectivity index (χ2v) is 11.7. The monoisotopic (exact) mass is 591 g/mol. The fourth-order valence-corrected chi connectivity index (χ4v) is 6.19. The number of hydrogen-bond donors (Lipinski definition) is 1. The van der Waals surface area contributed by atoms with Gasteiger partial charge >= 0.3 is 11.7 Å². The van der Waals surface area contributed by atoms with E-state index in [1.807, 2.05) is 18.2 Å². The van der Waals surface area contributed by atoms with Gasteiger partial charge in [0, 0.05) is 44.9 Å². The van der Waals surface area contributed by atoms with Crippen molar-refractivity contribution in [3.63, 3.8) is 0 Å². The molecule has 1 saturated carbocycles. The number of carboxylic acid groups (broad SMARTS) is 1. The van der Waals surface area contributed by atoms with Crippen LogP contribution in [0.5, 0.6) is 17.2 Å². The zero-order valence-electron chi connectivity index (χ0n) is 25.2. The van der Waals surface area contributed by atoms with Gasteiger partial charge in [0.2, 0.25) is 0 Å². The van der Waals surface area contributed by atoms with Crippen molar-refractivity contribution < 1.29 is 24.1 Å². The van der Waals surface area contributed by atoms with Gasteiger partial charge in [0.25, 0.3) is 5.56 Å². The molecule has 2 aliphatic rings. The Hall–Kier alpha value is -4.05. The number of nitrogens with zero attached hydrogens (tertiary/aromatic N) is 3. The molecule has 5 rings (SSSR count). The van der Waals surface area contributed by atoms with E-state index < -0.39 is 5.97 Å². The lowest BCUT2D eigenvalue weighted by atomic mass is 9.81. The van der Waals surface area contributed by atoms with Gasteiger partial charge in [-0.25, -0.2) is 4.79 Å². The molecule has 3 aromatic rings. The Labute approximate surface area is 251 Å². The summed E-state index contributed by atoms with van der Waals surface area (Å²) >= 11 is 0. The van der Waals surface area contributed by atoms with Crippen molar-refractivity contribution in [2.45, 2.75) is 58.2 Å². The molecule has 0 bridgehead atoms. The fraction of sp³-hybridized carbons (Fsp3) is 0.485. The van der Waals surface area contributed by atoms with Gasteiger partial charge in [-0.1, -0.05) is 18.2 Å². The second-order valence-electron chi connectivity index (χ2n) is 11.7. The summed E-state index contributed by atoms with van der Waals surface area (Å²) in [6.45, 7) is 4.75. The fourth-order valence-electron chi connectivity index (χ4n) is 6.19. The van der Waals surface area contributed by atoms with Crippen molar-refractivity contribution in [1.29, 1.82) is 0 Å². The maximum absolute atomic E-state index is 12.3. The van der Waals surface area contributed by atoms with Crippen LogP contribution >= 0.6 is 0 Å². The molecule has 1 atom stereocenters. The van der Waals surface area contributed by atoms with E-state index >= 15 is 0 Å². The molecule has 0 saturated heterocycles. The maximum atomic E-state index is 12.3. The van der Waals surface area contributed by atoms with Gasteiger partial charge in [-0.3, -0.25) is 19.1 Å². The molecule has 2 heterocycles. The summed E-state index contributed by atoms with van der Waals surface area (Å²) in [6, 6.07) is 13.8. The van der Waals surface area contributed by atoms with Gasteiger partial charge in [-0.05, 0) is 73.4 Å². The van der Waals surface area contributed by atoms with Crippen molar-refractivity contribution in [3.05, 3.63) is 86.2 Å². The van der Waals surface area contributed by atoms with Crippen LogP contribution in [0.4, 0.5) is 0 Å². The van der Waals surface area contributed by atoms with Gasteiger partial charge < -0.3 is 23.9 Å². The standard InChI is InChI=1S/C33H41N3O7/c1-22(26-9-11-28-27(19-26)13-16-42-28)35(20-23-4-7-25(8-5-23)32(38)39)21-24-6-10-29(30(18-24)41-3)43-17-15-36-31(37)12-14-34(2)33(36)40/h6,9-12,14,18-19,22-23,25H,4-5,7-8,13,15-17,20-21H2,1-3H3,(H,38,39). The number of fused-ring (bicyclic) bond motifs is 1. The van der Waals surface area contributed by atoms with E-state index in [9.17, 15) is 19.5 Å². The number of carbonyl (C=O) groups is 1. The molecule has 0 radical (unpaired) electrons. The SMILES string of the molecule is COc1cc(CN(CC2CCC(C(=O)O)CC2)C(C)c2ccc3c(c2)CCO3)ccc1OCCn1c(=O)ccn(C)c1=O. The molecule has 1 aliphatic heterocycles. The minimum absolute atomic E-state index is 0.123. The summed E-state index contributed by atoms with van der Waals surface area (Å²) in [5, 5.41) is 9.46. The van der Waals surface area contributed by atoms with E-state index in [2.05, 4.69) is 30.0 Å². The molecule has 10 heteroatoms. The van der Waals surface area contributed by atoms with Crippen LogP contribution in [0.25, 0.3) is 0 Å². The lowest BCUT2D eigenvalue weighted by molar-refractivity contribution is -0.143. The third-order valence-electron chi connectivity index (χ3n) is 8.86. The van der Waals surface area contributed by atoms with Crippen LogP contribution in [0.15, 0.2) is 58.3 Å². The molecule has 1 fully saturated rings. The number of benzene rings is 2. The van der Waals surface area contributed by atoms with Gasteiger partial charge in [0.1, 0.15) is 12.4 Å². The number of carboxylic acids is 1. The molecule has 0 spiro atoms. The average Bonchev–Trinajstić information content (AvgIpc) is 3.49. The maximum Gasteiger partial charge on any atom is 0.330 e. The lowest BCUT2D eigenvalue weighted by Crippen LogP contribution is -2.39. The molecule has 1 aliphatic carbocycles. The highest BCUT2D eigenvalue weighted by Gasteiger charge is 2.29. The smallest absolute Gasteiger partial charge is 0.330 e. The Morgan fingerprint density at radius 2 is 1.88 bits per heavy atom. The Kier molecular flexibility index (Phi) is 9.55. The van der Waals surface area contributed by atoms with Crippen molar-refractivity contribution in [2.24, 2.45) is 18.9 Å². The molecule has 1 unspecified atom stereocenters. The summed E-state index contributed by atoms with van der Waals surface area (Å²) in [5.41, 5.74) is 2.78. The molecule has 0 amide bonds. The first-order valence-corrected chi connectivity index (χ1v) is 15.0. The molecule has 1 aromatic heterocycles. The van der Waals surface area contributed by atoms with Gasteiger partial charge in [-0.15, -0.1) is 0 Å². The average molecular weight is 592 g/mol. The van der Waals surface area contributed by atoms with E-state index in [1.165, 1.54) is 28.0 Å². The normalized spacial score (nSPS) is 18.6. The Morgan fingerprint density at radius 3 is 2.63 bits per heavy atom. The molecule has 1 N–H and O–H groups in total. The van der Waals surface area contributed by atoms with Gasteiger partial charge in [-0.2, -0.15) is 0 Å². The van der Waals surface area contributed by atoms with Crippen LogP contribution in [0, 0.1) is 11.8 Å². The first kappa shape index (κ1) is 30.4. The van der Waals surface area contributed by atoms with E-state index in [0.29, 0.717) is 24.0 Å². The third-order valence-corrected chi connectivity index (χ3v) is 8.86. The van der Waals surface area contributed by atoms with Crippen molar-refractivity contribution >= 4 is 5.97 Å². The van der Waals surface area contributed by atoms with Crippen molar-refractivity contribution in [3.8, 4) is 17.2 Å². The lowest BCUT2D eigenvalue weighted by Gasteiger charge is -2.35. The van der Waals surface area contributed by atoms with Crippen molar-refractivity contribution in [1.82, 2.24) is 14.0 Å². The summed E-state index contributed by atoms with van der Waals surface area (Å²) in [5.74, 6) is 1.59. The highest BCUT2D eigenvalue weighted by atomic mass is 16.5. The summed E-state index contributed by atoms with van der Waals surface area (Å²) in [6.07, 6.45) is 5.62. The Bertz CT molecular complexity index is 1550. The molecule has 10 nitrogen and oxygen atoms in total. The summed E-state index contributed by atoms with van der Waals surface area (Å²) < 4.78 is 19.8. The van der Waals surface area contributed by atoms with Crippen LogP contribution in [-0.4, -0.2) is 52.0 Å². The zero-order chi connectivity index (χ0) is 30.5. The number of hydrogen-bond acceptors (Lipinski definition) is 7. The van der Waals surface area contributed by atoms with E-state index in [-0.39, 0.29) is 36.4 Å². The number of methoxy groups -OCH3 is 1. The van der Waals surface area contributed by atoms with Gasteiger partial charge in [0.15, 0.2) is 11.5 Å². The molecular formula is C33H41N3O7. The van der Waals surface area contributed by atoms with Crippen LogP contribution < -0.4 is 25.5 Å². The van der Waals surface area contributed by atoms with Crippen LogP contribution in [0.2, 0.25) is 0 Å². The molecular weight excluding hydrogens is 550 g/mol. The predicted molar refractivity (Wildman–Crippen MR) is 162 cm³/mol. The first-order chi connectivity index (χ1) is 20.7. The molecule has 230 valence electrons. The molecule has 43 heavy (non-hydrogen) atoms. The van der Waals surface area contributed by atoms with Crippen molar-refractivity contribution in [2.75, 3.05) is 26.9 Å². The molecule has 2 aromatic carbocycles. The largest absolute Gasteiger partial charge is 0.493 e. The number of aryl methyl sites for hydroxylation is 1. The van der Waals surface area contributed by atoms with Gasteiger partial charge in [0.05, 0.1) is 26.2 Å².